The van der Waals surface area contributed by atoms with Crippen LogP contribution in [0.5, 0.6) is 5.75 Å². The maximum absolute atomic E-state index is 12.8. The van der Waals surface area contributed by atoms with Crippen LogP contribution >= 0.6 is 0 Å². The summed E-state index contributed by atoms with van der Waals surface area (Å²) in [6.45, 7) is -0.398. The number of fused-ring (bicyclic) bond motifs is 1. The van der Waals surface area contributed by atoms with Gasteiger partial charge < -0.3 is 10.1 Å². The number of nitrogens with zero attached hydrogens (tertiary/aromatic N) is 1. The lowest BCUT2D eigenvalue weighted by atomic mass is 10.2. The standard InChI is InChI=1S/C16H13N3O6S2/c1-26(21,22)12-6-13-16(25-9-15(20)18-13)14(7-12)27(23,24)19-11-4-2-10(8-17)3-5-11/h2-7,19H,9H2,1H3,(H,18,20). The zero-order chi connectivity index (χ0) is 19.8. The molecule has 1 heterocycles. The summed E-state index contributed by atoms with van der Waals surface area (Å²) >= 11 is 0. The number of rotatable bonds is 4. The zero-order valence-electron chi connectivity index (χ0n) is 13.9. The predicted molar refractivity (Wildman–Crippen MR) is 95.6 cm³/mol. The smallest absolute Gasteiger partial charge is 0.265 e. The van der Waals surface area contributed by atoms with E-state index in [1.165, 1.54) is 24.3 Å². The molecule has 0 atom stereocenters. The quantitative estimate of drug-likeness (QED) is 0.772. The number of benzene rings is 2. The Balaban J connectivity index is 2.12. The van der Waals surface area contributed by atoms with Crippen LogP contribution in [-0.2, 0) is 24.7 Å². The van der Waals surface area contributed by atoms with Gasteiger partial charge >= 0.3 is 0 Å². The van der Waals surface area contributed by atoms with E-state index in [0.717, 1.165) is 18.4 Å². The van der Waals surface area contributed by atoms with E-state index in [1.807, 2.05) is 6.07 Å². The van der Waals surface area contributed by atoms with E-state index in [-0.39, 0.29) is 22.0 Å². The van der Waals surface area contributed by atoms with Gasteiger partial charge in [-0.1, -0.05) is 0 Å². The molecular weight excluding hydrogens is 394 g/mol. The van der Waals surface area contributed by atoms with E-state index >= 15 is 0 Å². The van der Waals surface area contributed by atoms with Gasteiger partial charge in [-0.25, -0.2) is 16.8 Å². The van der Waals surface area contributed by atoms with Crippen molar-refractivity contribution in [1.82, 2.24) is 0 Å². The van der Waals surface area contributed by atoms with E-state index in [0.29, 0.717) is 5.56 Å². The van der Waals surface area contributed by atoms with Crippen molar-refractivity contribution in [1.29, 1.82) is 5.26 Å². The number of ether oxygens (including phenoxy) is 1. The van der Waals surface area contributed by atoms with Gasteiger partial charge in [0, 0.05) is 11.9 Å². The Morgan fingerprint density at radius 1 is 1.15 bits per heavy atom. The Kier molecular flexibility index (Phi) is 4.54. The van der Waals surface area contributed by atoms with Crippen molar-refractivity contribution in [3.8, 4) is 11.8 Å². The van der Waals surface area contributed by atoms with Crippen LogP contribution in [-0.4, -0.2) is 35.6 Å². The van der Waals surface area contributed by atoms with E-state index in [9.17, 15) is 21.6 Å². The molecule has 2 aromatic rings. The molecule has 0 bridgehead atoms. The monoisotopic (exact) mass is 407 g/mol. The number of carbonyl (C=O) groups excluding carboxylic acids is 1. The Labute approximate surface area is 155 Å². The van der Waals surface area contributed by atoms with Crippen LogP contribution in [0, 0.1) is 11.3 Å². The van der Waals surface area contributed by atoms with Crippen LogP contribution in [0.1, 0.15) is 5.56 Å². The van der Waals surface area contributed by atoms with E-state index in [1.54, 1.807) is 0 Å². The molecule has 0 spiro atoms. The third-order valence-corrected chi connectivity index (χ3v) is 6.11. The molecule has 9 nitrogen and oxygen atoms in total. The lowest BCUT2D eigenvalue weighted by Crippen LogP contribution is -2.27. The summed E-state index contributed by atoms with van der Waals surface area (Å²) in [5.41, 5.74) is 0.474. The molecule has 27 heavy (non-hydrogen) atoms. The van der Waals surface area contributed by atoms with Gasteiger partial charge in [0.1, 0.15) is 4.90 Å². The highest BCUT2D eigenvalue weighted by atomic mass is 32.2. The van der Waals surface area contributed by atoms with Crippen molar-refractivity contribution < 1.29 is 26.4 Å². The summed E-state index contributed by atoms with van der Waals surface area (Å²) in [5, 5.41) is 11.2. The number of hydrogen-bond donors (Lipinski definition) is 2. The van der Waals surface area contributed by atoms with Gasteiger partial charge in [0.25, 0.3) is 15.9 Å². The molecule has 0 unspecified atom stereocenters. The van der Waals surface area contributed by atoms with Crippen molar-refractivity contribution in [2.45, 2.75) is 9.79 Å². The lowest BCUT2D eigenvalue weighted by molar-refractivity contribution is -0.118. The lowest BCUT2D eigenvalue weighted by Gasteiger charge is -2.22. The minimum atomic E-state index is -4.25. The van der Waals surface area contributed by atoms with E-state index in [2.05, 4.69) is 10.0 Å². The fourth-order valence-electron chi connectivity index (χ4n) is 2.38. The van der Waals surface area contributed by atoms with Crippen molar-refractivity contribution in [3.05, 3.63) is 42.0 Å². The molecule has 140 valence electrons. The van der Waals surface area contributed by atoms with Crippen LogP contribution in [0.2, 0.25) is 0 Å². The summed E-state index contributed by atoms with van der Waals surface area (Å²) in [6.07, 6.45) is 0.921. The average molecular weight is 407 g/mol. The molecule has 1 aliphatic heterocycles. The Hall–Kier alpha value is -3.10. The molecule has 0 fully saturated rings. The first-order valence-electron chi connectivity index (χ1n) is 7.44. The first kappa shape index (κ1) is 18.7. The number of nitrogens with one attached hydrogen (secondary N) is 2. The first-order valence-corrected chi connectivity index (χ1v) is 10.8. The number of hydrogen-bond acceptors (Lipinski definition) is 7. The van der Waals surface area contributed by atoms with Crippen molar-refractivity contribution in [3.63, 3.8) is 0 Å². The molecule has 3 rings (SSSR count). The fourth-order valence-corrected chi connectivity index (χ4v) is 4.37. The van der Waals surface area contributed by atoms with Crippen LogP contribution in [0.4, 0.5) is 11.4 Å². The van der Waals surface area contributed by atoms with Gasteiger partial charge in [0.15, 0.2) is 22.2 Å². The van der Waals surface area contributed by atoms with Gasteiger partial charge in [0.2, 0.25) is 0 Å². The summed E-state index contributed by atoms with van der Waals surface area (Å²) in [5.74, 6) is -0.681. The van der Waals surface area contributed by atoms with Gasteiger partial charge in [0.05, 0.1) is 22.2 Å². The topological polar surface area (TPSA) is 142 Å². The maximum Gasteiger partial charge on any atom is 0.265 e. The van der Waals surface area contributed by atoms with Gasteiger partial charge in [-0.2, -0.15) is 5.26 Å². The number of anilines is 2. The highest BCUT2D eigenvalue weighted by Crippen LogP contribution is 2.38. The van der Waals surface area contributed by atoms with Crippen molar-refractivity contribution >= 4 is 37.1 Å². The molecule has 0 saturated carbocycles. The summed E-state index contributed by atoms with van der Waals surface area (Å²) in [6, 6.07) is 9.67. The van der Waals surface area contributed by atoms with Gasteiger partial charge in [-0.3, -0.25) is 9.52 Å². The second kappa shape index (κ2) is 6.57. The molecule has 2 aromatic carbocycles. The van der Waals surface area contributed by atoms with Crippen LogP contribution in [0.3, 0.4) is 0 Å². The fraction of sp³-hybridized carbons (Fsp3) is 0.125. The minimum Gasteiger partial charge on any atom is -0.480 e. The summed E-state index contributed by atoms with van der Waals surface area (Å²) < 4.78 is 57.0. The second-order valence-electron chi connectivity index (χ2n) is 5.70. The first-order chi connectivity index (χ1) is 12.6. The van der Waals surface area contributed by atoms with E-state index in [4.69, 9.17) is 10.00 Å². The van der Waals surface area contributed by atoms with Crippen LogP contribution in [0.15, 0.2) is 46.2 Å². The van der Waals surface area contributed by atoms with E-state index < -0.39 is 37.3 Å². The number of carbonyl (C=O) groups is 1. The number of amides is 1. The molecule has 0 aromatic heterocycles. The SMILES string of the molecule is CS(=O)(=O)c1cc2c(c(S(=O)(=O)Nc3ccc(C#N)cc3)c1)OCC(=O)N2. The summed E-state index contributed by atoms with van der Waals surface area (Å²) in [4.78, 5) is 10.8. The summed E-state index contributed by atoms with van der Waals surface area (Å²) in [7, 11) is -8.00. The van der Waals surface area contributed by atoms with Crippen LogP contribution in [0.25, 0.3) is 0 Å². The Morgan fingerprint density at radius 3 is 2.41 bits per heavy atom. The molecule has 1 aliphatic rings. The molecular formula is C16H13N3O6S2. The Morgan fingerprint density at radius 2 is 1.81 bits per heavy atom. The highest BCUT2D eigenvalue weighted by molar-refractivity contribution is 7.93. The maximum atomic E-state index is 12.8. The Bertz CT molecular complexity index is 1180. The molecule has 11 heteroatoms. The normalized spacial score (nSPS) is 13.7. The largest absolute Gasteiger partial charge is 0.480 e. The molecule has 1 amide bonds. The van der Waals surface area contributed by atoms with Gasteiger partial charge in [-0.15, -0.1) is 0 Å². The number of sulfone groups is 1. The third kappa shape index (κ3) is 3.86. The minimum absolute atomic E-state index is 0.0469. The third-order valence-electron chi connectivity index (χ3n) is 3.63. The highest BCUT2D eigenvalue weighted by Gasteiger charge is 2.29. The van der Waals surface area contributed by atoms with Gasteiger partial charge in [-0.05, 0) is 36.4 Å². The van der Waals surface area contributed by atoms with Crippen LogP contribution < -0.4 is 14.8 Å². The second-order valence-corrected chi connectivity index (χ2v) is 9.37. The average Bonchev–Trinajstić information content (AvgIpc) is 2.60. The predicted octanol–water partition coefficient (Wildman–Crippen LogP) is 1.09. The molecule has 2 N–H and O–H groups in total. The van der Waals surface area contributed by atoms with Crippen molar-refractivity contribution in [2.24, 2.45) is 0 Å². The zero-order valence-corrected chi connectivity index (χ0v) is 15.5. The van der Waals surface area contributed by atoms with Crippen molar-refractivity contribution in [2.75, 3.05) is 22.9 Å². The molecule has 0 saturated heterocycles. The number of nitriles is 1. The molecule has 0 radical (unpaired) electrons. The number of sulfonamides is 1. The molecule has 0 aliphatic carbocycles.